The zero-order chi connectivity index (χ0) is 23.9. The van der Waals surface area contributed by atoms with E-state index in [0.717, 1.165) is 61.5 Å². The first-order valence-electron chi connectivity index (χ1n) is 12.1. The number of pyridine rings is 1. The second-order valence-electron chi connectivity index (χ2n) is 9.49. The lowest BCUT2D eigenvalue weighted by Crippen LogP contribution is -2.25. The Balaban J connectivity index is 1.13. The quantitative estimate of drug-likeness (QED) is 0.327. The molecule has 0 amide bonds. The second kappa shape index (κ2) is 8.85. The fraction of sp³-hybridized carbons (Fsp3) is 0.370. The van der Waals surface area contributed by atoms with Crippen molar-refractivity contribution in [1.29, 1.82) is 0 Å². The van der Waals surface area contributed by atoms with Gasteiger partial charge in [0, 0.05) is 47.5 Å². The lowest BCUT2D eigenvalue weighted by molar-refractivity contribution is 0.209. The maximum absolute atomic E-state index is 12.8. The molecular weight excluding hydrogens is 444 g/mol. The van der Waals surface area contributed by atoms with Gasteiger partial charge in [-0.1, -0.05) is 6.07 Å². The molecule has 0 bridgehead atoms. The first-order chi connectivity index (χ1) is 17.1. The predicted octanol–water partition coefficient (Wildman–Crippen LogP) is 3.62. The van der Waals surface area contributed by atoms with Crippen LogP contribution in [0.3, 0.4) is 0 Å². The van der Waals surface area contributed by atoms with Gasteiger partial charge in [-0.15, -0.1) is 0 Å². The van der Waals surface area contributed by atoms with E-state index in [2.05, 4.69) is 19.9 Å². The zero-order valence-electron chi connectivity index (χ0n) is 19.7. The average Bonchev–Trinajstić information content (AvgIpc) is 3.31. The summed E-state index contributed by atoms with van der Waals surface area (Å²) < 4.78 is 11.6. The molecule has 8 heteroatoms. The van der Waals surface area contributed by atoms with Gasteiger partial charge in [0.2, 0.25) is 0 Å². The van der Waals surface area contributed by atoms with Gasteiger partial charge >= 0.3 is 0 Å². The van der Waals surface area contributed by atoms with Crippen LogP contribution in [0.2, 0.25) is 0 Å². The van der Waals surface area contributed by atoms with Crippen LogP contribution in [0, 0.1) is 5.92 Å². The van der Waals surface area contributed by atoms with E-state index in [4.69, 9.17) is 9.47 Å². The smallest absolute Gasteiger partial charge is 0.255 e. The highest BCUT2D eigenvalue weighted by atomic mass is 16.5. The lowest BCUT2D eigenvalue weighted by Gasteiger charge is -2.29. The third-order valence-electron chi connectivity index (χ3n) is 7.48. The molecule has 4 heterocycles. The molecule has 0 radical (unpaired) electrons. The van der Waals surface area contributed by atoms with Gasteiger partial charge in [-0.2, -0.15) is 0 Å². The Bertz CT molecular complexity index is 1450. The number of unbranched alkanes of at least 4 members (excludes halogenated alkanes) is 1. The monoisotopic (exact) mass is 472 g/mol. The van der Waals surface area contributed by atoms with Crippen LogP contribution in [-0.4, -0.2) is 58.3 Å². The van der Waals surface area contributed by atoms with Crippen LogP contribution in [0.25, 0.3) is 21.8 Å². The molecule has 0 saturated carbocycles. The van der Waals surface area contributed by atoms with Gasteiger partial charge < -0.3 is 24.5 Å². The molecule has 2 aliphatic rings. The summed E-state index contributed by atoms with van der Waals surface area (Å²) in [4.78, 5) is 26.5. The van der Waals surface area contributed by atoms with E-state index in [1.807, 2.05) is 24.3 Å². The molecule has 180 valence electrons. The summed E-state index contributed by atoms with van der Waals surface area (Å²) in [5, 5.41) is 12.2. The minimum Gasteiger partial charge on any atom is -0.507 e. The lowest BCUT2D eigenvalue weighted by atomic mass is 9.86. The van der Waals surface area contributed by atoms with E-state index in [9.17, 15) is 9.90 Å². The van der Waals surface area contributed by atoms with Crippen LogP contribution in [0.4, 0.5) is 0 Å². The molecule has 2 N–H and O–H groups in total. The summed E-state index contributed by atoms with van der Waals surface area (Å²) in [7, 11) is 1.71. The first kappa shape index (κ1) is 21.9. The van der Waals surface area contributed by atoms with Crippen molar-refractivity contribution in [2.24, 2.45) is 5.92 Å². The van der Waals surface area contributed by atoms with Crippen molar-refractivity contribution in [3.05, 3.63) is 64.3 Å². The van der Waals surface area contributed by atoms with Crippen molar-refractivity contribution in [3.63, 3.8) is 0 Å². The maximum atomic E-state index is 12.8. The number of ether oxygens (including phenoxy) is 2. The minimum absolute atomic E-state index is 0.0579. The Morgan fingerprint density at radius 1 is 1.20 bits per heavy atom. The molecule has 2 aromatic carbocycles. The van der Waals surface area contributed by atoms with Crippen LogP contribution in [0.1, 0.15) is 29.9 Å². The van der Waals surface area contributed by atoms with Gasteiger partial charge in [0.1, 0.15) is 23.6 Å². The van der Waals surface area contributed by atoms with Crippen LogP contribution in [0.5, 0.6) is 17.2 Å². The van der Waals surface area contributed by atoms with Crippen LogP contribution < -0.4 is 15.0 Å². The average molecular weight is 473 g/mol. The number of nitrogens with zero attached hydrogens (tertiary/aromatic N) is 3. The highest BCUT2D eigenvalue weighted by molar-refractivity contribution is 6.05. The number of fused-ring (bicyclic) bond motifs is 6. The summed E-state index contributed by atoms with van der Waals surface area (Å²) in [6, 6.07) is 9.66. The maximum Gasteiger partial charge on any atom is 0.255 e. The number of likely N-dealkylation sites (tertiary alicyclic amines) is 1. The second-order valence-corrected chi connectivity index (χ2v) is 9.49. The largest absolute Gasteiger partial charge is 0.507 e. The molecule has 8 nitrogen and oxygen atoms in total. The van der Waals surface area contributed by atoms with E-state index >= 15 is 0 Å². The van der Waals surface area contributed by atoms with Crippen molar-refractivity contribution in [2.45, 2.75) is 25.2 Å². The van der Waals surface area contributed by atoms with Crippen molar-refractivity contribution in [2.75, 3.05) is 33.4 Å². The van der Waals surface area contributed by atoms with Crippen LogP contribution in [0.15, 0.2) is 47.7 Å². The predicted molar refractivity (Wildman–Crippen MR) is 133 cm³/mol. The number of aromatic nitrogens is 3. The molecule has 0 aliphatic carbocycles. The number of nitrogens with one attached hydrogen (secondary N) is 1. The molecule has 2 aromatic heterocycles. The zero-order valence-corrected chi connectivity index (χ0v) is 19.7. The van der Waals surface area contributed by atoms with Gasteiger partial charge in [0.15, 0.2) is 0 Å². The molecule has 1 fully saturated rings. The number of hydrogen-bond donors (Lipinski definition) is 2. The van der Waals surface area contributed by atoms with Crippen molar-refractivity contribution in [1.82, 2.24) is 19.9 Å². The number of methoxy groups -OCH3 is 1. The highest BCUT2D eigenvalue weighted by Crippen LogP contribution is 2.46. The fourth-order valence-corrected chi connectivity index (χ4v) is 5.74. The van der Waals surface area contributed by atoms with Crippen molar-refractivity contribution >= 4 is 21.8 Å². The van der Waals surface area contributed by atoms with Gasteiger partial charge in [-0.25, -0.2) is 9.97 Å². The van der Waals surface area contributed by atoms with E-state index in [1.54, 1.807) is 19.4 Å². The normalized spacial score (nSPS) is 19.5. The molecule has 0 spiro atoms. The van der Waals surface area contributed by atoms with Gasteiger partial charge in [-0.3, -0.25) is 4.79 Å². The number of hydrogen-bond acceptors (Lipinski definition) is 7. The number of benzene rings is 2. The summed E-state index contributed by atoms with van der Waals surface area (Å²) in [6.07, 6.45) is 5.42. The summed E-state index contributed by atoms with van der Waals surface area (Å²) in [5.74, 6) is 2.79. The summed E-state index contributed by atoms with van der Waals surface area (Å²) in [5.41, 5.74) is 2.69. The molecule has 35 heavy (non-hydrogen) atoms. The molecule has 6 rings (SSSR count). The molecule has 4 aromatic rings. The standard InChI is InChI=1S/C27H28N4O4/c1-34-22-6-4-7-23-24(22)20-13-31(12-16(20)14-35-23)10-3-2-5-18-26(32)17-8-9-21-19(11-28-15-29-21)25(17)30-27(18)33/h4,6-9,11,15-16,20H,2-3,5,10,12-14H2,1H3,(H2,30,32,33)/t16-,20+/m0/s1. The third-order valence-corrected chi connectivity index (χ3v) is 7.48. The van der Waals surface area contributed by atoms with Crippen LogP contribution >= 0.6 is 0 Å². The number of aromatic hydroxyl groups is 1. The van der Waals surface area contributed by atoms with E-state index in [0.29, 0.717) is 34.7 Å². The highest BCUT2D eigenvalue weighted by Gasteiger charge is 2.40. The van der Waals surface area contributed by atoms with E-state index in [-0.39, 0.29) is 11.3 Å². The van der Waals surface area contributed by atoms with Gasteiger partial charge in [0.25, 0.3) is 5.56 Å². The van der Waals surface area contributed by atoms with Crippen molar-refractivity contribution < 1.29 is 14.6 Å². The van der Waals surface area contributed by atoms with Gasteiger partial charge in [0.05, 0.1) is 30.3 Å². The van der Waals surface area contributed by atoms with Crippen LogP contribution in [-0.2, 0) is 6.42 Å². The number of aromatic amines is 1. The summed E-state index contributed by atoms with van der Waals surface area (Å²) >= 11 is 0. The van der Waals surface area contributed by atoms with E-state index < -0.39 is 0 Å². The molecule has 2 atom stereocenters. The third kappa shape index (κ3) is 3.78. The van der Waals surface area contributed by atoms with Crippen molar-refractivity contribution in [3.8, 4) is 17.2 Å². The molecular formula is C27H28N4O4. The number of H-pyrrole nitrogens is 1. The fourth-order valence-electron chi connectivity index (χ4n) is 5.74. The Morgan fingerprint density at radius 3 is 3.00 bits per heavy atom. The number of rotatable bonds is 6. The van der Waals surface area contributed by atoms with Gasteiger partial charge in [-0.05, 0) is 50.1 Å². The Kier molecular flexibility index (Phi) is 5.53. The Hall–Kier alpha value is -3.65. The SMILES string of the molecule is COc1cccc2c1[C@@H]1CN(CCCCc3c(O)c4ccc5ncncc5c4[nH]c3=O)C[C@H]1CO2. The molecule has 0 unspecified atom stereocenters. The van der Waals surface area contributed by atoms with E-state index in [1.165, 1.54) is 11.9 Å². The Morgan fingerprint density at radius 2 is 2.11 bits per heavy atom. The molecule has 2 aliphatic heterocycles. The topological polar surface area (TPSA) is 101 Å². The minimum atomic E-state index is -0.251. The Labute approximate surface area is 202 Å². The molecule has 1 saturated heterocycles. The summed E-state index contributed by atoms with van der Waals surface area (Å²) in [6.45, 7) is 3.67. The first-order valence-corrected chi connectivity index (χ1v) is 12.1.